The van der Waals surface area contributed by atoms with Crippen molar-refractivity contribution in [2.24, 2.45) is 5.73 Å². The Bertz CT molecular complexity index is 1180. The number of benzene rings is 1. The normalized spacial score (nSPS) is 13.0. The second-order valence-corrected chi connectivity index (χ2v) is 17.0. The van der Waals surface area contributed by atoms with Crippen LogP contribution in [0.2, 0.25) is 25.7 Å². The Morgan fingerprint density at radius 2 is 1.76 bits per heavy atom. The van der Waals surface area contributed by atoms with Crippen molar-refractivity contribution in [1.29, 1.82) is 0 Å². The number of ether oxygens (including phenoxy) is 2. The molecular formula is C22H33N5O5SSi. The van der Waals surface area contributed by atoms with Gasteiger partial charge in [-0.1, -0.05) is 25.7 Å². The van der Waals surface area contributed by atoms with Crippen LogP contribution in [-0.2, 0) is 10.0 Å². The molecule has 0 fully saturated rings. The highest BCUT2D eigenvalue weighted by molar-refractivity contribution is 7.93. The summed E-state index contributed by atoms with van der Waals surface area (Å²) in [6.45, 7) is 8.37. The van der Waals surface area contributed by atoms with Crippen LogP contribution in [0.25, 0.3) is 17.3 Å². The van der Waals surface area contributed by atoms with Gasteiger partial charge in [-0.05, 0) is 37.2 Å². The number of hydrogen-bond donors (Lipinski definition) is 1. The van der Waals surface area contributed by atoms with Gasteiger partial charge in [-0.3, -0.25) is 4.57 Å². The number of methoxy groups -OCH3 is 2. The van der Waals surface area contributed by atoms with Crippen molar-refractivity contribution in [2.75, 3.05) is 31.6 Å². The van der Waals surface area contributed by atoms with Crippen molar-refractivity contribution in [3.63, 3.8) is 0 Å². The van der Waals surface area contributed by atoms with Crippen LogP contribution >= 0.6 is 0 Å². The summed E-state index contributed by atoms with van der Waals surface area (Å²) < 4.78 is 47.1. The number of nitrogens with two attached hydrogens (primary N) is 1. The van der Waals surface area contributed by atoms with Gasteiger partial charge in [0.25, 0.3) is 0 Å². The molecule has 2 heterocycles. The van der Waals surface area contributed by atoms with Gasteiger partial charge in [-0.15, -0.1) is 10.2 Å². The number of nitrogens with zero attached hydrogens (tertiary/aromatic N) is 4. The fourth-order valence-corrected chi connectivity index (χ4v) is 5.80. The van der Waals surface area contributed by atoms with E-state index in [0.29, 0.717) is 28.8 Å². The fraction of sp³-hybridized carbons (Fsp3) is 0.455. The molecule has 10 nitrogen and oxygen atoms in total. The van der Waals surface area contributed by atoms with Gasteiger partial charge in [0.15, 0.2) is 5.76 Å². The van der Waals surface area contributed by atoms with Crippen molar-refractivity contribution in [3.8, 4) is 28.8 Å². The van der Waals surface area contributed by atoms with E-state index >= 15 is 0 Å². The summed E-state index contributed by atoms with van der Waals surface area (Å²) in [4.78, 5) is 0. The smallest absolute Gasteiger partial charge is 0.246 e. The third-order valence-corrected chi connectivity index (χ3v) is 9.34. The van der Waals surface area contributed by atoms with Crippen molar-refractivity contribution >= 4 is 24.0 Å². The number of hydrogen-bond acceptors (Lipinski definition) is 8. The third-order valence-electron chi connectivity index (χ3n) is 5.45. The lowest BCUT2D eigenvalue weighted by Gasteiger charge is -2.29. The number of aromatic nitrogens is 3. The Morgan fingerprint density at radius 1 is 1.12 bits per heavy atom. The number of furan rings is 1. The van der Waals surface area contributed by atoms with E-state index in [-0.39, 0.29) is 19.0 Å². The molecule has 34 heavy (non-hydrogen) atoms. The minimum Gasteiger partial charge on any atom is -0.494 e. The fourth-order valence-electron chi connectivity index (χ4n) is 3.38. The van der Waals surface area contributed by atoms with E-state index in [2.05, 4.69) is 29.8 Å². The molecule has 3 aromatic rings. The van der Waals surface area contributed by atoms with E-state index in [1.165, 1.54) is 24.8 Å². The zero-order valence-corrected chi connectivity index (χ0v) is 22.3. The first-order valence-corrected chi connectivity index (χ1v) is 16.2. The molecule has 1 atom stereocenters. The summed E-state index contributed by atoms with van der Waals surface area (Å²) in [5.41, 5.74) is 6.25. The van der Waals surface area contributed by atoms with Crippen LogP contribution in [0.3, 0.4) is 0 Å². The van der Waals surface area contributed by atoms with Crippen LogP contribution in [0.1, 0.15) is 6.92 Å². The minimum absolute atomic E-state index is 0.0249. The van der Waals surface area contributed by atoms with E-state index in [4.69, 9.17) is 19.6 Å². The van der Waals surface area contributed by atoms with Crippen LogP contribution in [-0.4, -0.2) is 63.8 Å². The van der Waals surface area contributed by atoms with Gasteiger partial charge in [-0.2, -0.15) is 0 Å². The Balaban J connectivity index is 2.35. The third kappa shape index (κ3) is 5.13. The van der Waals surface area contributed by atoms with E-state index in [0.717, 1.165) is 6.04 Å². The first-order valence-electron chi connectivity index (χ1n) is 11.0. The lowest BCUT2D eigenvalue weighted by molar-refractivity contribution is 0.391. The molecule has 0 aliphatic heterocycles. The lowest BCUT2D eigenvalue weighted by atomic mass is 10.2. The summed E-state index contributed by atoms with van der Waals surface area (Å²) in [6, 6.07) is 9.48. The molecule has 1 aromatic carbocycles. The molecule has 0 bridgehead atoms. The minimum atomic E-state index is -3.86. The second-order valence-electron chi connectivity index (χ2n) is 9.12. The molecule has 186 valence electrons. The van der Waals surface area contributed by atoms with Crippen molar-refractivity contribution < 1.29 is 22.3 Å². The monoisotopic (exact) mass is 507 g/mol. The molecule has 2 N–H and O–H groups in total. The molecule has 0 saturated carbocycles. The van der Waals surface area contributed by atoms with Gasteiger partial charge in [0.05, 0.1) is 25.7 Å². The maximum Gasteiger partial charge on any atom is 0.246 e. The van der Waals surface area contributed by atoms with Crippen molar-refractivity contribution in [3.05, 3.63) is 36.6 Å². The lowest BCUT2D eigenvalue weighted by Crippen LogP contribution is -2.44. The summed E-state index contributed by atoms with van der Waals surface area (Å²) in [6.07, 6.45) is 1.52. The van der Waals surface area contributed by atoms with E-state index in [9.17, 15) is 8.42 Å². The van der Waals surface area contributed by atoms with Crippen LogP contribution < -0.4 is 19.5 Å². The van der Waals surface area contributed by atoms with Gasteiger partial charge in [0, 0.05) is 21.2 Å². The summed E-state index contributed by atoms with van der Waals surface area (Å²) in [5.74, 6) is 1.77. The number of rotatable bonds is 11. The molecule has 0 aliphatic carbocycles. The Kier molecular flexibility index (Phi) is 7.73. The van der Waals surface area contributed by atoms with E-state index < -0.39 is 23.3 Å². The molecule has 0 radical (unpaired) electrons. The largest absolute Gasteiger partial charge is 0.494 e. The zero-order valence-electron chi connectivity index (χ0n) is 20.5. The van der Waals surface area contributed by atoms with E-state index in [1.54, 1.807) is 41.8 Å². The first-order chi connectivity index (χ1) is 16.0. The Labute approximate surface area is 201 Å². The Hall–Kier alpha value is -2.83. The zero-order chi connectivity index (χ0) is 25.1. The van der Waals surface area contributed by atoms with E-state index in [1.807, 2.05) is 0 Å². The van der Waals surface area contributed by atoms with Crippen LogP contribution in [0.4, 0.5) is 5.95 Å². The summed E-state index contributed by atoms with van der Waals surface area (Å²) in [5, 5.41) is 7.86. The van der Waals surface area contributed by atoms with Gasteiger partial charge in [-0.25, -0.2) is 12.7 Å². The highest BCUT2D eigenvalue weighted by Gasteiger charge is 2.35. The molecule has 2 aromatic heterocycles. The molecule has 0 aliphatic rings. The van der Waals surface area contributed by atoms with Gasteiger partial charge < -0.3 is 19.6 Å². The number of anilines is 1. The predicted octanol–water partition coefficient (Wildman–Crippen LogP) is 3.37. The highest BCUT2D eigenvalue weighted by atomic mass is 32.2. The number of para-hydroxylation sites is 1. The average Bonchev–Trinajstić information content (AvgIpc) is 3.47. The van der Waals surface area contributed by atoms with Gasteiger partial charge in [0.2, 0.25) is 21.8 Å². The average molecular weight is 508 g/mol. The summed E-state index contributed by atoms with van der Waals surface area (Å²) >= 11 is 0. The predicted molar refractivity (Wildman–Crippen MR) is 135 cm³/mol. The first kappa shape index (κ1) is 25.8. The molecule has 12 heteroatoms. The quantitative estimate of drug-likeness (QED) is 0.392. The van der Waals surface area contributed by atoms with Crippen LogP contribution in [0.5, 0.6) is 11.5 Å². The van der Waals surface area contributed by atoms with Crippen molar-refractivity contribution in [1.82, 2.24) is 14.8 Å². The second kappa shape index (κ2) is 10.2. The molecule has 0 spiro atoms. The van der Waals surface area contributed by atoms with Crippen LogP contribution in [0.15, 0.2) is 41.0 Å². The van der Waals surface area contributed by atoms with Crippen LogP contribution in [0, 0.1) is 0 Å². The maximum atomic E-state index is 13.7. The molecule has 0 saturated heterocycles. The molecule has 0 amide bonds. The Morgan fingerprint density at radius 3 is 2.26 bits per heavy atom. The molecule has 0 unspecified atom stereocenters. The van der Waals surface area contributed by atoms with Gasteiger partial charge >= 0.3 is 0 Å². The highest BCUT2D eigenvalue weighted by Crippen LogP contribution is 2.39. The maximum absolute atomic E-state index is 13.7. The molecular weight excluding hydrogens is 474 g/mol. The number of sulfonamides is 1. The topological polar surface area (TPSA) is 126 Å². The summed E-state index contributed by atoms with van der Waals surface area (Å²) in [7, 11) is -2.41. The molecule has 3 rings (SSSR count). The standard InChI is InChI=1S/C22H33N5O5SSi/c1-16(15-23)33(28,29)26(12-14-34(4,5)6)22-25-24-21(19-11-8-13-32-19)27(22)20-17(30-2)9-7-10-18(20)31-3/h7-11,13,16H,12,14-15,23H2,1-6H3/t16-/m0/s1. The van der Waals surface area contributed by atoms with Gasteiger partial charge in [0.1, 0.15) is 17.2 Å². The SMILES string of the molecule is COc1cccc(OC)c1-n1c(-c2ccco2)nnc1N(CC[Si](C)(C)C)S(=O)(=O)[C@@H](C)CN. The van der Waals surface area contributed by atoms with Crippen molar-refractivity contribution in [2.45, 2.75) is 37.9 Å².